The maximum Gasteiger partial charge on any atom is 0.414 e. The molecule has 3 aromatic rings. The van der Waals surface area contributed by atoms with Gasteiger partial charge in [-0.3, -0.25) is 20.6 Å². The van der Waals surface area contributed by atoms with Crippen LogP contribution >= 0.6 is 0 Å². The monoisotopic (exact) mass is 633 g/mol. The maximum absolute atomic E-state index is 12.5. The quantitative estimate of drug-likeness (QED) is 0.170. The summed E-state index contributed by atoms with van der Waals surface area (Å²) in [5.74, 6) is 2.08. The summed E-state index contributed by atoms with van der Waals surface area (Å²) in [5, 5.41) is 9.05. The Morgan fingerprint density at radius 1 is 0.957 bits per heavy atom. The second-order valence-electron chi connectivity index (χ2n) is 12.9. The normalized spacial score (nSPS) is 15.8. The first-order valence-electron chi connectivity index (χ1n) is 15.0. The number of pyridine rings is 1. The molecule has 0 fully saturated rings. The van der Waals surface area contributed by atoms with Crippen molar-refractivity contribution in [3.8, 4) is 11.5 Å². The van der Waals surface area contributed by atoms with Crippen molar-refractivity contribution in [2.45, 2.75) is 71.5 Å². The van der Waals surface area contributed by atoms with Crippen molar-refractivity contribution < 1.29 is 28.5 Å². The molecule has 46 heavy (non-hydrogen) atoms. The van der Waals surface area contributed by atoms with Crippen LogP contribution in [-0.4, -0.2) is 71.6 Å². The van der Waals surface area contributed by atoms with Crippen LogP contribution in [0.3, 0.4) is 0 Å². The Bertz CT molecular complexity index is 1630. The minimum Gasteiger partial charge on any atom is -0.493 e. The van der Waals surface area contributed by atoms with E-state index in [-0.39, 0.29) is 19.0 Å². The Kier molecular flexibility index (Phi) is 10.0. The average molecular weight is 634 g/mol. The molecule has 0 aliphatic heterocycles. The Balaban J connectivity index is 1.66. The molecular formula is C33H43N7O6. The minimum absolute atomic E-state index is 0.117. The van der Waals surface area contributed by atoms with Gasteiger partial charge in [0.05, 0.1) is 37.4 Å². The van der Waals surface area contributed by atoms with Gasteiger partial charge >= 0.3 is 12.2 Å². The molecule has 3 N–H and O–H groups in total. The fourth-order valence-electron chi connectivity index (χ4n) is 4.82. The number of amides is 2. The Labute approximate surface area is 269 Å². The number of nitrogens with zero attached hydrogens (tertiary/aromatic N) is 4. The number of ether oxygens (including phenoxy) is 4. The number of guanidine groups is 1. The molecule has 0 saturated heterocycles. The van der Waals surface area contributed by atoms with E-state index in [1.165, 1.54) is 0 Å². The zero-order valence-electron chi connectivity index (χ0n) is 27.9. The number of allylic oxidation sites excluding steroid dienone is 1. The van der Waals surface area contributed by atoms with Gasteiger partial charge in [-0.2, -0.15) is 0 Å². The van der Waals surface area contributed by atoms with Gasteiger partial charge in [0.1, 0.15) is 22.8 Å². The van der Waals surface area contributed by atoms with E-state index in [1.807, 2.05) is 24.3 Å². The van der Waals surface area contributed by atoms with Gasteiger partial charge in [-0.15, -0.1) is 0 Å². The first-order valence-corrected chi connectivity index (χ1v) is 15.0. The number of nitrogens with one attached hydrogen (secondary N) is 3. The van der Waals surface area contributed by atoms with Crippen molar-refractivity contribution in [2.75, 3.05) is 32.6 Å². The molecule has 1 atom stereocenters. The van der Waals surface area contributed by atoms with E-state index in [2.05, 4.69) is 40.0 Å². The summed E-state index contributed by atoms with van der Waals surface area (Å²) < 4.78 is 21.8. The highest BCUT2D eigenvalue weighted by Gasteiger charge is 2.37. The maximum atomic E-state index is 12.5. The number of aliphatic imine (C=N–C) groups is 1. The summed E-state index contributed by atoms with van der Waals surface area (Å²) in [6, 6.07) is 7.57. The second kappa shape index (κ2) is 13.6. The lowest BCUT2D eigenvalue weighted by Gasteiger charge is -2.31. The van der Waals surface area contributed by atoms with Gasteiger partial charge in [-0.1, -0.05) is 18.2 Å². The van der Waals surface area contributed by atoms with Gasteiger partial charge in [0, 0.05) is 24.2 Å². The summed E-state index contributed by atoms with van der Waals surface area (Å²) in [4.78, 5) is 44.1. The van der Waals surface area contributed by atoms with Crippen molar-refractivity contribution in [1.29, 1.82) is 0 Å². The van der Waals surface area contributed by atoms with Gasteiger partial charge in [0.25, 0.3) is 0 Å². The van der Waals surface area contributed by atoms with Crippen LogP contribution in [-0.2, 0) is 14.9 Å². The topological polar surface area (TPSA) is 158 Å². The van der Waals surface area contributed by atoms with Crippen LogP contribution in [0.2, 0.25) is 0 Å². The number of hydrogen-bond acceptors (Lipinski definition) is 11. The van der Waals surface area contributed by atoms with Crippen LogP contribution in [0.4, 0.5) is 15.4 Å². The van der Waals surface area contributed by atoms with E-state index in [1.54, 1.807) is 62.0 Å². The summed E-state index contributed by atoms with van der Waals surface area (Å²) in [6.07, 6.45) is 5.05. The lowest BCUT2D eigenvalue weighted by Crippen LogP contribution is -2.47. The lowest BCUT2D eigenvalue weighted by atomic mass is 9.76. The molecule has 13 nitrogen and oxygen atoms in total. The summed E-state index contributed by atoms with van der Waals surface area (Å²) in [5.41, 5.74) is 0.458. The van der Waals surface area contributed by atoms with Crippen LogP contribution in [0, 0.1) is 0 Å². The predicted molar refractivity (Wildman–Crippen MR) is 177 cm³/mol. The fraction of sp³-hybridized carbons (Fsp3) is 0.455. The molecule has 13 heteroatoms. The van der Waals surface area contributed by atoms with Crippen LogP contribution in [0.15, 0.2) is 41.5 Å². The number of aromatic nitrogens is 3. The second-order valence-corrected chi connectivity index (χ2v) is 12.9. The van der Waals surface area contributed by atoms with E-state index in [0.29, 0.717) is 40.5 Å². The lowest BCUT2D eigenvalue weighted by molar-refractivity contribution is 0.0545. The molecule has 2 aromatic heterocycles. The molecule has 1 unspecified atom stereocenters. The van der Waals surface area contributed by atoms with Crippen molar-refractivity contribution in [2.24, 2.45) is 4.99 Å². The molecule has 0 spiro atoms. The highest BCUT2D eigenvalue weighted by molar-refractivity contribution is 6.01. The number of alkyl carbamates (subject to hydrolysis) is 2. The molecular weight excluding hydrogens is 590 g/mol. The summed E-state index contributed by atoms with van der Waals surface area (Å²) in [7, 11) is 3.14. The number of hydrogen-bond donors (Lipinski definition) is 3. The third-order valence-electron chi connectivity index (χ3n) is 6.79. The van der Waals surface area contributed by atoms with Crippen molar-refractivity contribution in [3.63, 3.8) is 0 Å². The number of rotatable bonds is 7. The number of benzene rings is 1. The smallest absolute Gasteiger partial charge is 0.414 e. The van der Waals surface area contributed by atoms with Crippen molar-refractivity contribution >= 4 is 40.9 Å². The van der Waals surface area contributed by atoms with E-state index < -0.39 is 28.8 Å². The molecule has 1 aliphatic carbocycles. The largest absolute Gasteiger partial charge is 0.493 e. The average Bonchev–Trinajstić information content (AvgIpc) is 2.96. The van der Waals surface area contributed by atoms with Crippen molar-refractivity contribution in [3.05, 3.63) is 53.6 Å². The highest BCUT2D eigenvalue weighted by atomic mass is 16.6. The van der Waals surface area contributed by atoms with Crippen LogP contribution in [0.25, 0.3) is 17.0 Å². The fourth-order valence-corrected chi connectivity index (χ4v) is 4.82. The summed E-state index contributed by atoms with van der Waals surface area (Å²) in [6.45, 7) is 12.9. The number of methoxy groups -OCH3 is 2. The molecule has 246 valence electrons. The SMILES string of the molecule is COc1cc2nc(C3(C)CC=Cc4cccnc43)nc(NCCN=C(NC(=O)OC(C)(C)C)NC(=O)OC(C)(C)C)c2cc1OC. The zero-order valence-corrected chi connectivity index (χ0v) is 27.9. The summed E-state index contributed by atoms with van der Waals surface area (Å²) >= 11 is 0. The molecule has 0 saturated carbocycles. The molecule has 0 radical (unpaired) electrons. The number of anilines is 1. The number of fused-ring (bicyclic) bond motifs is 2. The Hall–Kier alpha value is -4.94. The third-order valence-corrected chi connectivity index (χ3v) is 6.79. The molecule has 1 aliphatic rings. The van der Waals surface area contributed by atoms with E-state index in [4.69, 9.17) is 33.9 Å². The van der Waals surface area contributed by atoms with E-state index >= 15 is 0 Å². The first kappa shape index (κ1) is 33.9. The Morgan fingerprint density at radius 2 is 1.59 bits per heavy atom. The van der Waals surface area contributed by atoms with E-state index in [0.717, 1.165) is 11.3 Å². The van der Waals surface area contributed by atoms with Gasteiger partial charge in [-0.05, 0) is 72.6 Å². The zero-order chi connectivity index (χ0) is 33.7. The van der Waals surface area contributed by atoms with Gasteiger partial charge in [0.2, 0.25) is 5.96 Å². The first-order chi connectivity index (χ1) is 21.6. The minimum atomic E-state index is -0.772. The van der Waals surface area contributed by atoms with Crippen LogP contribution in [0.5, 0.6) is 11.5 Å². The number of carbonyl (C=O) groups excluding carboxylic acids is 2. The predicted octanol–water partition coefficient (Wildman–Crippen LogP) is 5.58. The molecule has 1 aromatic carbocycles. The van der Waals surface area contributed by atoms with Crippen LogP contribution in [0.1, 0.15) is 72.0 Å². The molecule has 2 amide bonds. The van der Waals surface area contributed by atoms with Crippen molar-refractivity contribution in [1.82, 2.24) is 25.6 Å². The molecule has 2 heterocycles. The standard InChI is InChI=1S/C33H43N7O6/c1-31(2,3)45-29(41)39-28(40-30(42)46-32(4,5)6)36-17-16-35-26-21-18-23(43-8)24(44-9)19-22(21)37-27(38-26)33(7)14-10-12-20-13-11-15-34-25(20)33/h10-13,15,18-19H,14,16-17H2,1-9H3,(H,35,37,38)(H2,36,39,40,41,42). The van der Waals surface area contributed by atoms with E-state index in [9.17, 15) is 9.59 Å². The Morgan fingerprint density at radius 3 is 2.20 bits per heavy atom. The van der Waals surface area contributed by atoms with Crippen LogP contribution < -0.4 is 25.4 Å². The molecule has 4 rings (SSSR count). The number of carbonyl (C=O) groups is 2. The molecule has 0 bridgehead atoms. The van der Waals surface area contributed by atoms with Gasteiger partial charge in [0.15, 0.2) is 11.5 Å². The van der Waals surface area contributed by atoms with Gasteiger partial charge in [-0.25, -0.2) is 19.6 Å². The highest BCUT2D eigenvalue weighted by Crippen LogP contribution is 2.41. The third kappa shape index (κ3) is 8.40. The van der Waals surface area contributed by atoms with Gasteiger partial charge < -0.3 is 24.3 Å².